The predicted octanol–water partition coefficient (Wildman–Crippen LogP) is 4.91. The van der Waals surface area contributed by atoms with E-state index in [2.05, 4.69) is 31.2 Å². The predicted molar refractivity (Wildman–Crippen MR) is 97.0 cm³/mol. The van der Waals surface area contributed by atoms with E-state index in [0.717, 1.165) is 28.5 Å². The fraction of sp³-hybridized carbons (Fsp3) is 0.0476. The highest BCUT2D eigenvalue weighted by atomic mass is 15.4. The molecule has 0 fully saturated rings. The second-order valence-electron chi connectivity index (χ2n) is 5.69. The summed E-state index contributed by atoms with van der Waals surface area (Å²) in [7, 11) is 0. The normalized spacial score (nSPS) is 10.7. The fourth-order valence-corrected chi connectivity index (χ4v) is 2.77. The molecule has 1 aromatic heterocycles. The van der Waals surface area contributed by atoms with Gasteiger partial charge in [0, 0.05) is 11.1 Å². The molecule has 4 rings (SSSR count). The molecule has 0 atom stereocenters. The van der Waals surface area contributed by atoms with E-state index in [4.69, 9.17) is 10.1 Å². The van der Waals surface area contributed by atoms with Crippen LogP contribution in [-0.4, -0.2) is 14.8 Å². The molecule has 4 aromatic rings. The second-order valence-corrected chi connectivity index (χ2v) is 5.69. The summed E-state index contributed by atoms with van der Waals surface area (Å²) >= 11 is 0. The van der Waals surface area contributed by atoms with Crippen LogP contribution in [0.4, 0.5) is 0 Å². The molecule has 0 aliphatic heterocycles. The first kappa shape index (κ1) is 14.4. The van der Waals surface area contributed by atoms with Gasteiger partial charge in [-0.1, -0.05) is 72.8 Å². The first-order valence-corrected chi connectivity index (χ1v) is 7.97. The summed E-state index contributed by atoms with van der Waals surface area (Å²) in [6.07, 6.45) is 0. The van der Waals surface area contributed by atoms with Crippen molar-refractivity contribution < 1.29 is 0 Å². The molecular formula is C21H17N3. The van der Waals surface area contributed by atoms with Gasteiger partial charge >= 0.3 is 0 Å². The third-order valence-electron chi connectivity index (χ3n) is 4.03. The number of aromatic nitrogens is 3. The van der Waals surface area contributed by atoms with Gasteiger partial charge < -0.3 is 0 Å². The molecule has 116 valence electrons. The fourth-order valence-electron chi connectivity index (χ4n) is 2.77. The number of nitrogens with zero attached hydrogens (tertiary/aromatic N) is 3. The average Bonchev–Trinajstić information content (AvgIpc) is 3.09. The van der Waals surface area contributed by atoms with Crippen LogP contribution in [0.5, 0.6) is 0 Å². The van der Waals surface area contributed by atoms with Gasteiger partial charge in [0.05, 0.1) is 5.69 Å². The lowest BCUT2D eigenvalue weighted by molar-refractivity contribution is 0.890. The summed E-state index contributed by atoms with van der Waals surface area (Å²) < 4.78 is 1.91. The molecule has 0 unspecified atom stereocenters. The molecule has 0 saturated carbocycles. The third kappa shape index (κ3) is 2.61. The first-order chi connectivity index (χ1) is 11.8. The molecule has 0 radical (unpaired) electrons. The van der Waals surface area contributed by atoms with Gasteiger partial charge in [0.1, 0.15) is 0 Å². The number of rotatable bonds is 3. The van der Waals surface area contributed by atoms with Crippen molar-refractivity contribution >= 4 is 0 Å². The van der Waals surface area contributed by atoms with Crippen LogP contribution in [0.3, 0.4) is 0 Å². The van der Waals surface area contributed by atoms with Gasteiger partial charge in [0.25, 0.3) is 0 Å². The Bertz CT molecular complexity index is 900. The van der Waals surface area contributed by atoms with E-state index < -0.39 is 0 Å². The van der Waals surface area contributed by atoms with Crippen LogP contribution >= 0.6 is 0 Å². The maximum Gasteiger partial charge on any atom is 0.182 e. The highest BCUT2D eigenvalue weighted by Gasteiger charge is 2.15. The van der Waals surface area contributed by atoms with Gasteiger partial charge in [-0.25, -0.2) is 9.67 Å². The molecule has 0 N–H and O–H groups in total. The van der Waals surface area contributed by atoms with Gasteiger partial charge in [0.2, 0.25) is 0 Å². The summed E-state index contributed by atoms with van der Waals surface area (Å²) in [5, 5.41) is 4.79. The summed E-state index contributed by atoms with van der Waals surface area (Å²) in [6.45, 7) is 2.08. The summed E-state index contributed by atoms with van der Waals surface area (Å²) in [5.74, 6) is 1.59. The van der Waals surface area contributed by atoms with Crippen molar-refractivity contribution in [1.82, 2.24) is 14.8 Å². The lowest BCUT2D eigenvalue weighted by Gasteiger charge is -2.05. The molecule has 0 bridgehead atoms. The molecular weight excluding hydrogens is 294 g/mol. The van der Waals surface area contributed by atoms with Crippen LogP contribution in [0.15, 0.2) is 84.9 Å². The van der Waals surface area contributed by atoms with Crippen LogP contribution in [-0.2, 0) is 0 Å². The highest BCUT2D eigenvalue weighted by Crippen LogP contribution is 2.26. The van der Waals surface area contributed by atoms with Gasteiger partial charge in [-0.2, -0.15) is 0 Å². The van der Waals surface area contributed by atoms with E-state index in [1.54, 1.807) is 0 Å². The Balaban J connectivity index is 1.94. The van der Waals surface area contributed by atoms with E-state index in [9.17, 15) is 0 Å². The molecule has 24 heavy (non-hydrogen) atoms. The quantitative estimate of drug-likeness (QED) is 0.538. The molecule has 0 aliphatic carbocycles. The zero-order valence-electron chi connectivity index (χ0n) is 13.4. The van der Waals surface area contributed by atoms with Crippen molar-refractivity contribution in [3.05, 3.63) is 90.5 Å². The number of para-hydroxylation sites is 1. The third-order valence-corrected chi connectivity index (χ3v) is 4.03. The molecule has 0 amide bonds. The summed E-state index contributed by atoms with van der Waals surface area (Å²) in [6, 6.07) is 28.5. The topological polar surface area (TPSA) is 30.7 Å². The van der Waals surface area contributed by atoms with E-state index >= 15 is 0 Å². The van der Waals surface area contributed by atoms with E-state index in [1.807, 2.05) is 65.3 Å². The average molecular weight is 311 g/mol. The van der Waals surface area contributed by atoms with Crippen LogP contribution < -0.4 is 0 Å². The molecule has 0 aliphatic rings. The van der Waals surface area contributed by atoms with E-state index in [1.165, 1.54) is 5.56 Å². The summed E-state index contributed by atoms with van der Waals surface area (Å²) in [5.41, 5.74) is 4.28. The lowest BCUT2D eigenvalue weighted by atomic mass is 10.1. The number of aryl methyl sites for hydroxylation is 1. The molecule has 0 spiro atoms. The minimum absolute atomic E-state index is 0.746. The maximum atomic E-state index is 4.84. The largest absolute Gasteiger partial charge is 0.213 e. The molecule has 3 aromatic carbocycles. The minimum Gasteiger partial charge on any atom is -0.213 e. The number of benzene rings is 3. The van der Waals surface area contributed by atoms with Crippen molar-refractivity contribution in [2.75, 3.05) is 0 Å². The standard InChI is InChI=1S/C21H17N3/c1-16-10-8-9-15-19(16)20-22-21(17-11-4-2-5-12-17)24(23-20)18-13-6-3-7-14-18/h2-15H,1H3. The number of hydrogen-bond acceptors (Lipinski definition) is 2. The smallest absolute Gasteiger partial charge is 0.182 e. The van der Waals surface area contributed by atoms with Crippen molar-refractivity contribution in [2.24, 2.45) is 0 Å². The van der Waals surface area contributed by atoms with Gasteiger partial charge in [-0.15, -0.1) is 5.10 Å². The zero-order valence-corrected chi connectivity index (χ0v) is 13.4. The van der Waals surface area contributed by atoms with Gasteiger partial charge in [0.15, 0.2) is 11.6 Å². The van der Waals surface area contributed by atoms with Crippen LogP contribution in [0.1, 0.15) is 5.56 Å². The maximum absolute atomic E-state index is 4.84. The Kier molecular flexibility index (Phi) is 3.67. The Hall–Kier alpha value is -3.20. The lowest BCUT2D eigenvalue weighted by Crippen LogP contribution is -1.99. The van der Waals surface area contributed by atoms with Crippen molar-refractivity contribution in [2.45, 2.75) is 6.92 Å². The van der Waals surface area contributed by atoms with E-state index in [0.29, 0.717) is 0 Å². The van der Waals surface area contributed by atoms with E-state index in [-0.39, 0.29) is 0 Å². The van der Waals surface area contributed by atoms with Crippen molar-refractivity contribution in [1.29, 1.82) is 0 Å². The van der Waals surface area contributed by atoms with Crippen LogP contribution in [0, 0.1) is 6.92 Å². The highest BCUT2D eigenvalue weighted by molar-refractivity contribution is 5.65. The Labute approximate surface area is 141 Å². The van der Waals surface area contributed by atoms with Crippen molar-refractivity contribution in [3.8, 4) is 28.5 Å². The Morgan fingerprint density at radius 3 is 2.04 bits per heavy atom. The van der Waals surface area contributed by atoms with Gasteiger partial charge in [-0.05, 0) is 24.6 Å². The summed E-state index contributed by atoms with van der Waals surface area (Å²) in [4.78, 5) is 4.84. The van der Waals surface area contributed by atoms with Crippen LogP contribution in [0.2, 0.25) is 0 Å². The minimum atomic E-state index is 0.746. The first-order valence-electron chi connectivity index (χ1n) is 7.97. The Morgan fingerprint density at radius 2 is 1.33 bits per heavy atom. The molecule has 0 saturated heterocycles. The zero-order chi connectivity index (χ0) is 16.4. The molecule has 3 heteroatoms. The number of hydrogen-bond donors (Lipinski definition) is 0. The van der Waals surface area contributed by atoms with Crippen molar-refractivity contribution in [3.63, 3.8) is 0 Å². The van der Waals surface area contributed by atoms with Crippen LogP contribution in [0.25, 0.3) is 28.5 Å². The second kappa shape index (κ2) is 6.13. The van der Waals surface area contributed by atoms with Gasteiger partial charge in [-0.3, -0.25) is 0 Å². The molecule has 3 nitrogen and oxygen atoms in total. The SMILES string of the molecule is Cc1ccccc1-c1nc(-c2ccccc2)n(-c2ccccc2)n1. The molecule has 1 heterocycles. The Morgan fingerprint density at radius 1 is 0.708 bits per heavy atom. The monoisotopic (exact) mass is 311 g/mol.